The van der Waals surface area contributed by atoms with E-state index in [2.05, 4.69) is 4.99 Å². The molecule has 1 aliphatic heterocycles. The van der Waals surface area contributed by atoms with Gasteiger partial charge in [0, 0.05) is 18.6 Å². The summed E-state index contributed by atoms with van der Waals surface area (Å²) < 4.78 is 5.24. The first kappa shape index (κ1) is 12.1. The summed E-state index contributed by atoms with van der Waals surface area (Å²) in [4.78, 5) is 17.1. The molecule has 4 rings (SSSR count). The number of nitrogens with zero attached hydrogens (tertiary/aromatic N) is 2. The number of hydrogen-bond donors (Lipinski definition) is 0. The van der Waals surface area contributed by atoms with Gasteiger partial charge in [-0.3, -0.25) is 9.79 Å². The van der Waals surface area contributed by atoms with Crippen molar-refractivity contribution >= 4 is 17.7 Å². The van der Waals surface area contributed by atoms with Crippen molar-refractivity contribution in [2.75, 3.05) is 0 Å². The standard InChI is InChI=1S/C17H12N2O2/c18-8-12-7-11(9-21-12)13-5-6-16(20)17(13)10-19-15-4-2-1-3-14(15)17/h1-4,7,9-10,13H,5-6H2. The fraction of sp³-hybridized carbons (Fsp3) is 0.235. The van der Waals surface area contributed by atoms with Gasteiger partial charge >= 0.3 is 0 Å². The molecular formula is C17H12N2O2. The zero-order valence-electron chi connectivity index (χ0n) is 11.2. The number of aliphatic imine (C=N–C) groups is 1. The quantitative estimate of drug-likeness (QED) is 0.803. The highest BCUT2D eigenvalue weighted by Gasteiger charge is 2.53. The molecule has 2 aromatic rings. The molecule has 0 saturated heterocycles. The van der Waals surface area contributed by atoms with Crippen molar-refractivity contribution in [2.24, 2.45) is 4.99 Å². The number of hydrogen-bond acceptors (Lipinski definition) is 4. The molecule has 0 bridgehead atoms. The van der Waals surface area contributed by atoms with Crippen molar-refractivity contribution in [1.82, 2.24) is 0 Å². The van der Waals surface area contributed by atoms with E-state index in [-0.39, 0.29) is 17.5 Å². The summed E-state index contributed by atoms with van der Waals surface area (Å²) in [5, 5.41) is 8.92. The van der Waals surface area contributed by atoms with Crippen LogP contribution in [0, 0.1) is 11.3 Å². The molecule has 1 fully saturated rings. The van der Waals surface area contributed by atoms with E-state index in [1.165, 1.54) is 0 Å². The Morgan fingerprint density at radius 1 is 1.38 bits per heavy atom. The fourth-order valence-electron chi connectivity index (χ4n) is 3.60. The molecule has 4 heteroatoms. The average Bonchev–Trinajstić information content (AvgIpc) is 3.20. The van der Waals surface area contributed by atoms with Crippen LogP contribution in [-0.4, -0.2) is 12.0 Å². The lowest BCUT2D eigenvalue weighted by molar-refractivity contribution is -0.120. The minimum Gasteiger partial charge on any atom is -0.454 e. The van der Waals surface area contributed by atoms with Crippen LogP contribution in [0.2, 0.25) is 0 Å². The molecule has 0 radical (unpaired) electrons. The SMILES string of the molecule is N#Cc1cc(C2CCC(=O)C23C=Nc2ccccc23)co1. The molecular weight excluding hydrogens is 264 g/mol. The van der Waals surface area contributed by atoms with Crippen molar-refractivity contribution in [3.05, 3.63) is 53.5 Å². The molecule has 2 aliphatic rings. The molecule has 1 spiro atoms. The van der Waals surface area contributed by atoms with Gasteiger partial charge in [0.2, 0.25) is 5.76 Å². The van der Waals surface area contributed by atoms with Gasteiger partial charge in [-0.2, -0.15) is 5.26 Å². The summed E-state index contributed by atoms with van der Waals surface area (Å²) in [6.07, 6.45) is 4.66. The molecule has 1 saturated carbocycles. The topological polar surface area (TPSA) is 66.4 Å². The van der Waals surface area contributed by atoms with E-state index in [1.807, 2.05) is 30.3 Å². The Morgan fingerprint density at radius 2 is 2.24 bits per heavy atom. The third-order valence-corrected chi connectivity index (χ3v) is 4.56. The van der Waals surface area contributed by atoms with Crippen molar-refractivity contribution in [1.29, 1.82) is 5.26 Å². The van der Waals surface area contributed by atoms with Gasteiger partial charge in [0.15, 0.2) is 0 Å². The van der Waals surface area contributed by atoms with Crippen LogP contribution in [0.3, 0.4) is 0 Å². The summed E-state index contributed by atoms with van der Waals surface area (Å²) in [5.74, 6) is 0.465. The monoisotopic (exact) mass is 276 g/mol. The lowest BCUT2D eigenvalue weighted by Gasteiger charge is -2.27. The van der Waals surface area contributed by atoms with E-state index in [4.69, 9.17) is 9.68 Å². The Bertz CT molecular complexity index is 812. The van der Waals surface area contributed by atoms with E-state index < -0.39 is 5.41 Å². The fourth-order valence-corrected chi connectivity index (χ4v) is 3.60. The number of rotatable bonds is 1. The zero-order chi connectivity index (χ0) is 14.4. The maximum absolute atomic E-state index is 12.6. The van der Waals surface area contributed by atoms with Gasteiger partial charge in [0.1, 0.15) is 11.9 Å². The van der Waals surface area contributed by atoms with Crippen molar-refractivity contribution in [3.8, 4) is 6.07 Å². The Kier molecular flexibility index (Phi) is 2.40. The van der Waals surface area contributed by atoms with Crippen LogP contribution in [0.15, 0.2) is 46.0 Å². The summed E-state index contributed by atoms with van der Waals surface area (Å²) in [6, 6.07) is 11.5. The molecule has 1 aromatic carbocycles. The highest BCUT2D eigenvalue weighted by molar-refractivity contribution is 6.12. The number of Topliss-reactive ketones (excluding diaryl/α,β-unsaturated/α-hetero) is 1. The predicted octanol–water partition coefficient (Wildman–Crippen LogP) is 3.25. The largest absolute Gasteiger partial charge is 0.454 e. The Balaban J connectivity index is 1.89. The van der Waals surface area contributed by atoms with E-state index in [0.29, 0.717) is 6.42 Å². The van der Waals surface area contributed by atoms with Crippen LogP contribution in [0.25, 0.3) is 0 Å². The van der Waals surface area contributed by atoms with Gasteiger partial charge in [-0.15, -0.1) is 0 Å². The van der Waals surface area contributed by atoms with Crippen LogP contribution in [0.4, 0.5) is 5.69 Å². The van der Waals surface area contributed by atoms with Gasteiger partial charge < -0.3 is 4.42 Å². The first-order valence-electron chi connectivity index (χ1n) is 6.92. The Hall–Kier alpha value is -2.67. The van der Waals surface area contributed by atoms with Crippen LogP contribution in [-0.2, 0) is 10.2 Å². The molecule has 2 atom stereocenters. The first-order chi connectivity index (χ1) is 10.3. The highest BCUT2D eigenvalue weighted by Crippen LogP contribution is 2.53. The van der Waals surface area contributed by atoms with Crippen molar-refractivity contribution in [2.45, 2.75) is 24.2 Å². The van der Waals surface area contributed by atoms with Gasteiger partial charge in [0.05, 0.1) is 17.4 Å². The normalized spacial score (nSPS) is 26.2. The second kappa shape index (κ2) is 4.16. The van der Waals surface area contributed by atoms with Gasteiger partial charge in [0.25, 0.3) is 0 Å². The maximum atomic E-state index is 12.6. The van der Waals surface area contributed by atoms with Gasteiger partial charge in [-0.25, -0.2) is 0 Å². The van der Waals surface area contributed by atoms with Crippen LogP contribution >= 0.6 is 0 Å². The number of benzene rings is 1. The summed E-state index contributed by atoms with van der Waals surface area (Å²) >= 11 is 0. The second-order valence-corrected chi connectivity index (χ2v) is 5.51. The lowest BCUT2D eigenvalue weighted by Crippen LogP contribution is -2.35. The van der Waals surface area contributed by atoms with Crippen molar-refractivity contribution < 1.29 is 9.21 Å². The Morgan fingerprint density at radius 3 is 3.05 bits per heavy atom. The van der Waals surface area contributed by atoms with E-state index >= 15 is 0 Å². The van der Waals surface area contributed by atoms with E-state index in [9.17, 15) is 4.79 Å². The smallest absolute Gasteiger partial charge is 0.203 e. The lowest BCUT2D eigenvalue weighted by atomic mass is 9.71. The summed E-state index contributed by atoms with van der Waals surface area (Å²) in [7, 11) is 0. The number of ketones is 1. The number of carbonyl (C=O) groups excluding carboxylic acids is 1. The maximum Gasteiger partial charge on any atom is 0.203 e. The number of furan rings is 1. The molecule has 21 heavy (non-hydrogen) atoms. The van der Waals surface area contributed by atoms with Crippen LogP contribution in [0.5, 0.6) is 0 Å². The second-order valence-electron chi connectivity index (χ2n) is 5.51. The minimum atomic E-state index is -0.687. The number of nitriles is 1. The molecule has 0 amide bonds. The first-order valence-corrected chi connectivity index (χ1v) is 6.92. The molecule has 102 valence electrons. The minimum absolute atomic E-state index is 0.0109. The van der Waals surface area contributed by atoms with E-state index in [1.54, 1.807) is 18.5 Å². The van der Waals surface area contributed by atoms with Gasteiger partial charge in [-0.1, -0.05) is 18.2 Å². The highest BCUT2D eigenvalue weighted by atomic mass is 16.3. The van der Waals surface area contributed by atoms with Crippen molar-refractivity contribution in [3.63, 3.8) is 0 Å². The van der Waals surface area contributed by atoms with Crippen LogP contribution < -0.4 is 0 Å². The summed E-state index contributed by atoms with van der Waals surface area (Å²) in [6.45, 7) is 0. The molecule has 2 unspecified atom stereocenters. The third-order valence-electron chi connectivity index (χ3n) is 4.56. The van der Waals surface area contributed by atoms with Gasteiger partial charge in [-0.05, 0) is 29.7 Å². The summed E-state index contributed by atoms with van der Waals surface area (Å²) in [5.41, 5.74) is 2.05. The zero-order valence-corrected chi connectivity index (χ0v) is 11.2. The third kappa shape index (κ3) is 1.49. The van der Waals surface area contributed by atoms with E-state index in [0.717, 1.165) is 23.2 Å². The van der Waals surface area contributed by atoms with Crippen LogP contribution in [0.1, 0.15) is 35.6 Å². The molecule has 0 N–H and O–H groups in total. The molecule has 4 nitrogen and oxygen atoms in total. The number of para-hydroxylation sites is 1. The number of carbonyl (C=O) groups is 1. The number of fused-ring (bicyclic) bond motifs is 2. The average molecular weight is 276 g/mol. The molecule has 2 heterocycles. The predicted molar refractivity (Wildman–Crippen MR) is 76.7 cm³/mol. The molecule has 1 aromatic heterocycles. The Labute approximate surface area is 121 Å². The molecule has 1 aliphatic carbocycles.